The molecule has 0 atom stereocenters. The van der Waals surface area contributed by atoms with Gasteiger partial charge in [0.15, 0.2) is 0 Å². The minimum Gasteiger partial charge on any atom is -0.309 e. The summed E-state index contributed by atoms with van der Waals surface area (Å²) >= 11 is 0. The topological polar surface area (TPSA) is 35.5 Å². The Morgan fingerprint density at radius 2 is 1.44 bits per heavy atom. The van der Waals surface area contributed by atoms with Gasteiger partial charge in [-0.2, -0.15) is 0 Å². The summed E-state index contributed by atoms with van der Waals surface area (Å²) in [5, 5.41) is 0.588. The first kappa shape index (κ1) is 13.4. The van der Waals surface area contributed by atoms with Gasteiger partial charge in [-0.15, -0.1) is 0 Å². The Hall–Kier alpha value is -0.630. The molecule has 0 heterocycles. The SMILES string of the molecule is COP(=O)(OC)c1ccc(C(C)(C)C)cc1. The zero-order valence-corrected chi connectivity index (χ0v) is 11.4. The fourth-order valence-corrected chi connectivity index (χ4v) is 2.51. The van der Waals surface area contributed by atoms with Gasteiger partial charge in [0.25, 0.3) is 0 Å². The van der Waals surface area contributed by atoms with Crippen LogP contribution in [0.1, 0.15) is 26.3 Å². The van der Waals surface area contributed by atoms with E-state index in [4.69, 9.17) is 9.05 Å². The van der Waals surface area contributed by atoms with E-state index in [1.165, 1.54) is 19.8 Å². The quantitative estimate of drug-likeness (QED) is 0.764. The van der Waals surface area contributed by atoms with Crippen molar-refractivity contribution in [1.82, 2.24) is 0 Å². The number of hydrogen-bond acceptors (Lipinski definition) is 3. The molecule has 0 aliphatic carbocycles. The summed E-state index contributed by atoms with van der Waals surface area (Å²) in [6, 6.07) is 7.52. The monoisotopic (exact) mass is 242 g/mol. The average molecular weight is 242 g/mol. The predicted octanol–water partition coefficient (Wildman–Crippen LogP) is 3.10. The minimum absolute atomic E-state index is 0.0860. The maximum absolute atomic E-state index is 12.1. The molecule has 90 valence electrons. The molecule has 0 aromatic heterocycles. The predicted molar refractivity (Wildman–Crippen MR) is 66.4 cm³/mol. The van der Waals surface area contributed by atoms with Gasteiger partial charge in [0, 0.05) is 14.2 Å². The zero-order valence-electron chi connectivity index (χ0n) is 10.5. The van der Waals surface area contributed by atoms with Crippen molar-refractivity contribution >= 4 is 12.9 Å². The van der Waals surface area contributed by atoms with Crippen molar-refractivity contribution in [3.8, 4) is 0 Å². The molecular weight excluding hydrogens is 223 g/mol. The van der Waals surface area contributed by atoms with Crippen LogP contribution in [0.25, 0.3) is 0 Å². The third kappa shape index (κ3) is 2.73. The molecule has 0 fully saturated rings. The van der Waals surface area contributed by atoms with E-state index >= 15 is 0 Å². The van der Waals surface area contributed by atoms with E-state index in [9.17, 15) is 4.57 Å². The Labute approximate surface area is 97.3 Å². The Kier molecular flexibility index (Phi) is 3.95. The summed E-state index contributed by atoms with van der Waals surface area (Å²) in [6.45, 7) is 6.40. The Morgan fingerprint density at radius 1 is 1.00 bits per heavy atom. The summed E-state index contributed by atoms with van der Waals surface area (Å²) in [5.41, 5.74) is 1.28. The molecule has 1 rings (SSSR count). The summed E-state index contributed by atoms with van der Waals surface area (Å²) < 4.78 is 21.9. The van der Waals surface area contributed by atoms with Crippen LogP contribution in [0.5, 0.6) is 0 Å². The van der Waals surface area contributed by atoms with E-state index < -0.39 is 7.60 Å². The van der Waals surface area contributed by atoms with Crippen LogP contribution in [0, 0.1) is 0 Å². The molecule has 16 heavy (non-hydrogen) atoms. The van der Waals surface area contributed by atoms with Crippen LogP contribution in [0.2, 0.25) is 0 Å². The van der Waals surface area contributed by atoms with Crippen LogP contribution in [0.15, 0.2) is 24.3 Å². The number of benzene rings is 1. The highest BCUT2D eigenvalue weighted by atomic mass is 31.2. The summed E-state index contributed by atoms with van der Waals surface area (Å²) in [5.74, 6) is 0. The van der Waals surface area contributed by atoms with Gasteiger partial charge in [-0.3, -0.25) is 4.57 Å². The molecule has 4 heteroatoms. The van der Waals surface area contributed by atoms with Crippen molar-refractivity contribution in [2.75, 3.05) is 14.2 Å². The molecule has 0 spiro atoms. The maximum Gasteiger partial charge on any atom is 0.360 e. The molecule has 1 aromatic rings. The average Bonchev–Trinajstić information content (AvgIpc) is 2.27. The summed E-state index contributed by atoms with van der Waals surface area (Å²) in [6.07, 6.45) is 0. The highest BCUT2D eigenvalue weighted by Crippen LogP contribution is 2.45. The highest BCUT2D eigenvalue weighted by molar-refractivity contribution is 7.62. The van der Waals surface area contributed by atoms with Crippen LogP contribution in [0.3, 0.4) is 0 Å². The first-order chi connectivity index (χ1) is 7.33. The third-order valence-electron chi connectivity index (χ3n) is 2.53. The van der Waals surface area contributed by atoms with Gasteiger partial charge in [0.1, 0.15) is 0 Å². The number of rotatable bonds is 3. The van der Waals surface area contributed by atoms with Gasteiger partial charge in [-0.25, -0.2) is 0 Å². The fourth-order valence-electron chi connectivity index (χ4n) is 1.43. The molecule has 1 aromatic carbocycles. The van der Waals surface area contributed by atoms with Crippen molar-refractivity contribution in [2.45, 2.75) is 26.2 Å². The zero-order chi connectivity index (χ0) is 12.4. The lowest BCUT2D eigenvalue weighted by atomic mass is 9.87. The smallest absolute Gasteiger partial charge is 0.309 e. The minimum atomic E-state index is -3.11. The Morgan fingerprint density at radius 3 is 1.75 bits per heavy atom. The summed E-state index contributed by atoms with van der Waals surface area (Å²) in [7, 11) is -0.324. The van der Waals surface area contributed by atoms with Crippen LogP contribution in [0.4, 0.5) is 0 Å². The third-order valence-corrected chi connectivity index (χ3v) is 4.42. The van der Waals surface area contributed by atoms with Gasteiger partial charge in [-0.1, -0.05) is 32.9 Å². The Balaban J connectivity index is 3.09. The lowest BCUT2D eigenvalue weighted by Gasteiger charge is -2.20. The van der Waals surface area contributed by atoms with Crippen LogP contribution >= 0.6 is 7.60 Å². The lowest BCUT2D eigenvalue weighted by molar-refractivity contribution is 0.287. The van der Waals surface area contributed by atoms with E-state index in [2.05, 4.69) is 20.8 Å². The second-order valence-electron chi connectivity index (χ2n) is 4.66. The van der Waals surface area contributed by atoms with Crippen molar-refractivity contribution in [3.05, 3.63) is 29.8 Å². The maximum atomic E-state index is 12.1. The van der Waals surface area contributed by atoms with Crippen LogP contribution in [-0.2, 0) is 19.0 Å². The van der Waals surface area contributed by atoms with Gasteiger partial charge in [0.2, 0.25) is 0 Å². The molecule has 0 unspecified atom stereocenters. The second-order valence-corrected chi connectivity index (χ2v) is 6.90. The van der Waals surface area contributed by atoms with Gasteiger partial charge in [0.05, 0.1) is 5.30 Å². The molecule has 0 aliphatic rings. The van der Waals surface area contributed by atoms with Gasteiger partial charge >= 0.3 is 7.60 Å². The molecule has 0 N–H and O–H groups in total. The molecule has 3 nitrogen and oxygen atoms in total. The van der Waals surface area contributed by atoms with Crippen molar-refractivity contribution in [2.24, 2.45) is 0 Å². The standard InChI is InChI=1S/C12H19O3P/c1-12(2,3)10-6-8-11(9-7-10)16(13,14-4)15-5/h6-9H,1-5H3. The lowest BCUT2D eigenvalue weighted by Crippen LogP contribution is -2.14. The van der Waals surface area contributed by atoms with Crippen molar-refractivity contribution < 1.29 is 13.6 Å². The van der Waals surface area contributed by atoms with Crippen molar-refractivity contribution in [3.63, 3.8) is 0 Å². The molecule has 0 aliphatic heterocycles. The van der Waals surface area contributed by atoms with E-state index in [0.29, 0.717) is 5.30 Å². The second kappa shape index (κ2) is 4.70. The molecule has 0 bridgehead atoms. The molecule has 0 saturated heterocycles. The highest BCUT2D eigenvalue weighted by Gasteiger charge is 2.24. The van der Waals surface area contributed by atoms with Crippen LogP contribution < -0.4 is 5.30 Å². The Bertz CT molecular complexity index is 382. The largest absolute Gasteiger partial charge is 0.360 e. The summed E-state index contributed by atoms with van der Waals surface area (Å²) in [4.78, 5) is 0. The molecule has 0 saturated carbocycles. The van der Waals surface area contributed by atoms with E-state index in [1.807, 2.05) is 12.1 Å². The van der Waals surface area contributed by atoms with Crippen molar-refractivity contribution in [1.29, 1.82) is 0 Å². The van der Waals surface area contributed by atoms with E-state index in [1.54, 1.807) is 12.1 Å². The molecule has 0 radical (unpaired) electrons. The van der Waals surface area contributed by atoms with Gasteiger partial charge < -0.3 is 9.05 Å². The fraction of sp³-hybridized carbons (Fsp3) is 0.500. The molecule has 0 amide bonds. The normalized spacial score (nSPS) is 12.8. The first-order valence-corrected chi connectivity index (χ1v) is 6.70. The van der Waals surface area contributed by atoms with E-state index in [-0.39, 0.29) is 5.41 Å². The van der Waals surface area contributed by atoms with E-state index in [0.717, 1.165) is 0 Å². The van der Waals surface area contributed by atoms with Gasteiger partial charge in [-0.05, 0) is 23.1 Å². The first-order valence-electron chi connectivity index (χ1n) is 5.16. The number of hydrogen-bond donors (Lipinski definition) is 0. The van der Waals surface area contributed by atoms with Crippen LogP contribution in [-0.4, -0.2) is 14.2 Å². The molecular formula is C12H19O3P.